The molecular formula is C25H19ClN4O4. The molecule has 0 saturated heterocycles. The molecule has 0 fully saturated rings. The van der Waals surface area contributed by atoms with Crippen LogP contribution in [0.3, 0.4) is 0 Å². The van der Waals surface area contributed by atoms with Crippen LogP contribution in [0, 0.1) is 0 Å². The summed E-state index contributed by atoms with van der Waals surface area (Å²) in [5.74, 6) is -1.51. The van der Waals surface area contributed by atoms with E-state index in [1.807, 2.05) is 0 Å². The number of nitrogens with one attached hydrogen (secondary N) is 1. The zero-order chi connectivity index (χ0) is 23.9. The normalized spacial score (nSPS) is 10.5. The molecule has 8 nitrogen and oxygen atoms in total. The lowest BCUT2D eigenvalue weighted by atomic mass is 10.0. The molecule has 4 aromatic rings. The average Bonchev–Trinajstić information content (AvgIpc) is 3.37. The van der Waals surface area contributed by atoms with Crippen molar-refractivity contribution in [3.63, 3.8) is 0 Å². The maximum atomic E-state index is 12.9. The Morgan fingerprint density at radius 2 is 1.71 bits per heavy atom. The first-order valence-corrected chi connectivity index (χ1v) is 10.6. The Labute approximate surface area is 200 Å². The summed E-state index contributed by atoms with van der Waals surface area (Å²) in [5.41, 5.74) is 2.21. The fraction of sp³-hybridized carbons (Fsp3) is 0.0800. The van der Waals surface area contributed by atoms with Crippen LogP contribution in [0.15, 0.2) is 85.5 Å². The first-order chi connectivity index (χ1) is 16.5. The number of rotatable bonds is 8. The molecule has 4 rings (SSSR count). The van der Waals surface area contributed by atoms with Crippen LogP contribution >= 0.6 is 11.6 Å². The van der Waals surface area contributed by atoms with Crippen molar-refractivity contribution in [2.45, 2.75) is 6.54 Å². The van der Waals surface area contributed by atoms with E-state index in [0.29, 0.717) is 22.7 Å². The maximum absolute atomic E-state index is 12.9. The lowest BCUT2D eigenvalue weighted by Crippen LogP contribution is -2.22. The minimum absolute atomic E-state index is 0.237. The summed E-state index contributed by atoms with van der Waals surface area (Å²) < 4.78 is 6.78. The van der Waals surface area contributed by atoms with E-state index >= 15 is 0 Å². The van der Waals surface area contributed by atoms with Crippen molar-refractivity contribution in [3.8, 4) is 0 Å². The van der Waals surface area contributed by atoms with Gasteiger partial charge in [0.15, 0.2) is 12.4 Å². The third kappa shape index (κ3) is 5.73. The number of nitrogens with zero attached hydrogens (tertiary/aromatic N) is 3. The minimum Gasteiger partial charge on any atom is -0.452 e. The van der Waals surface area contributed by atoms with Gasteiger partial charge in [-0.1, -0.05) is 54.1 Å². The second-order valence-electron chi connectivity index (χ2n) is 7.30. The summed E-state index contributed by atoms with van der Waals surface area (Å²) in [6, 6.07) is 20.0. The van der Waals surface area contributed by atoms with E-state index in [1.165, 1.54) is 18.5 Å². The fourth-order valence-corrected chi connectivity index (χ4v) is 3.38. The molecule has 9 heteroatoms. The quantitative estimate of drug-likeness (QED) is 0.306. The smallest absolute Gasteiger partial charge is 0.338 e. The lowest BCUT2D eigenvalue weighted by Gasteiger charge is -2.12. The van der Waals surface area contributed by atoms with Crippen molar-refractivity contribution in [3.05, 3.63) is 113 Å². The topological polar surface area (TPSA) is 103 Å². The van der Waals surface area contributed by atoms with Gasteiger partial charge in [-0.15, -0.1) is 0 Å². The summed E-state index contributed by atoms with van der Waals surface area (Å²) in [4.78, 5) is 41.5. The van der Waals surface area contributed by atoms with E-state index in [9.17, 15) is 14.4 Å². The van der Waals surface area contributed by atoms with Gasteiger partial charge >= 0.3 is 5.97 Å². The van der Waals surface area contributed by atoms with Crippen molar-refractivity contribution >= 4 is 34.9 Å². The number of benzene rings is 3. The first-order valence-electron chi connectivity index (χ1n) is 10.3. The van der Waals surface area contributed by atoms with E-state index in [4.69, 9.17) is 16.3 Å². The highest BCUT2D eigenvalue weighted by Gasteiger charge is 2.17. The Kier molecular flexibility index (Phi) is 7.10. The van der Waals surface area contributed by atoms with E-state index in [2.05, 4.69) is 15.4 Å². The fourth-order valence-electron chi connectivity index (χ4n) is 3.21. The van der Waals surface area contributed by atoms with Gasteiger partial charge in [-0.25, -0.2) is 14.5 Å². The number of carbonyl (C=O) groups is 3. The van der Waals surface area contributed by atoms with Crippen molar-refractivity contribution in [1.82, 2.24) is 14.8 Å². The van der Waals surface area contributed by atoms with Crippen molar-refractivity contribution < 1.29 is 19.1 Å². The van der Waals surface area contributed by atoms with Crippen LogP contribution in [-0.2, 0) is 16.1 Å². The molecule has 34 heavy (non-hydrogen) atoms. The highest BCUT2D eigenvalue weighted by atomic mass is 35.5. The number of anilines is 1. The standard InChI is InChI=1S/C25H19ClN4O4/c26-20-10-11-22(21(12-20)24(32)18-4-2-1-3-5-18)29-23(31)14-34-25(33)19-8-6-17(7-9-19)13-30-16-27-15-28-30/h1-12,15-16H,13-14H2,(H,29,31). The van der Waals surface area contributed by atoms with E-state index < -0.39 is 18.5 Å². The number of ether oxygens (including phenoxy) is 1. The summed E-state index contributed by atoms with van der Waals surface area (Å²) >= 11 is 6.06. The van der Waals surface area contributed by atoms with Crippen LogP contribution in [0.1, 0.15) is 31.8 Å². The Morgan fingerprint density at radius 1 is 0.941 bits per heavy atom. The molecule has 1 N–H and O–H groups in total. The third-order valence-electron chi connectivity index (χ3n) is 4.87. The van der Waals surface area contributed by atoms with Crippen LogP contribution in [-0.4, -0.2) is 39.0 Å². The number of esters is 1. The lowest BCUT2D eigenvalue weighted by molar-refractivity contribution is -0.119. The molecule has 0 aliphatic carbocycles. The summed E-state index contributed by atoms with van der Waals surface area (Å²) in [5, 5.41) is 7.01. The highest BCUT2D eigenvalue weighted by Crippen LogP contribution is 2.24. The molecular weight excluding hydrogens is 456 g/mol. The number of hydrogen-bond donors (Lipinski definition) is 1. The maximum Gasteiger partial charge on any atom is 0.338 e. The molecule has 0 aliphatic heterocycles. The van der Waals surface area contributed by atoms with Crippen LogP contribution in [0.25, 0.3) is 0 Å². The third-order valence-corrected chi connectivity index (χ3v) is 5.11. The van der Waals surface area contributed by atoms with Crippen molar-refractivity contribution in [2.75, 3.05) is 11.9 Å². The Bertz CT molecular complexity index is 1310. The van der Waals surface area contributed by atoms with Gasteiger partial charge in [-0.05, 0) is 35.9 Å². The first kappa shape index (κ1) is 22.9. The Balaban J connectivity index is 1.37. The van der Waals surface area contributed by atoms with Crippen LogP contribution < -0.4 is 5.32 Å². The zero-order valence-electron chi connectivity index (χ0n) is 17.8. The van der Waals surface area contributed by atoms with Gasteiger partial charge in [-0.3, -0.25) is 9.59 Å². The van der Waals surface area contributed by atoms with E-state index in [0.717, 1.165) is 5.56 Å². The van der Waals surface area contributed by atoms with Crippen LogP contribution in [0.5, 0.6) is 0 Å². The molecule has 3 aromatic carbocycles. The molecule has 0 radical (unpaired) electrons. The monoisotopic (exact) mass is 474 g/mol. The second kappa shape index (κ2) is 10.5. The van der Waals surface area contributed by atoms with Crippen LogP contribution in [0.4, 0.5) is 5.69 Å². The second-order valence-corrected chi connectivity index (χ2v) is 7.74. The van der Waals surface area contributed by atoms with Gasteiger partial charge in [0, 0.05) is 16.1 Å². The molecule has 0 bridgehead atoms. The molecule has 170 valence electrons. The van der Waals surface area contributed by atoms with Gasteiger partial charge in [-0.2, -0.15) is 5.10 Å². The summed E-state index contributed by atoms with van der Waals surface area (Å²) in [6.45, 7) is 0.00396. The van der Waals surface area contributed by atoms with Gasteiger partial charge in [0.25, 0.3) is 5.91 Å². The summed E-state index contributed by atoms with van der Waals surface area (Å²) in [7, 11) is 0. The highest BCUT2D eigenvalue weighted by molar-refractivity contribution is 6.31. The van der Waals surface area contributed by atoms with Gasteiger partial charge < -0.3 is 10.1 Å². The number of carbonyl (C=O) groups excluding carboxylic acids is 3. The molecule has 1 aromatic heterocycles. The largest absolute Gasteiger partial charge is 0.452 e. The molecule has 0 atom stereocenters. The molecule has 0 aliphatic rings. The van der Waals surface area contributed by atoms with E-state index in [1.54, 1.807) is 71.7 Å². The van der Waals surface area contributed by atoms with Gasteiger partial charge in [0.1, 0.15) is 12.7 Å². The predicted molar refractivity (Wildman–Crippen MR) is 126 cm³/mol. The molecule has 0 saturated carbocycles. The van der Waals surface area contributed by atoms with Crippen LogP contribution in [0.2, 0.25) is 5.02 Å². The van der Waals surface area contributed by atoms with Gasteiger partial charge in [0.05, 0.1) is 17.8 Å². The molecule has 0 spiro atoms. The van der Waals surface area contributed by atoms with Crippen molar-refractivity contribution in [2.24, 2.45) is 0 Å². The van der Waals surface area contributed by atoms with Crippen molar-refractivity contribution in [1.29, 1.82) is 0 Å². The zero-order valence-corrected chi connectivity index (χ0v) is 18.6. The number of aromatic nitrogens is 3. The number of halogens is 1. The Morgan fingerprint density at radius 3 is 2.41 bits per heavy atom. The number of amides is 1. The number of hydrogen-bond acceptors (Lipinski definition) is 6. The molecule has 1 amide bonds. The van der Waals surface area contributed by atoms with E-state index in [-0.39, 0.29) is 17.0 Å². The minimum atomic E-state index is -0.640. The predicted octanol–water partition coefficient (Wildman–Crippen LogP) is 4.01. The number of ketones is 1. The summed E-state index contributed by atoms with van der Waals surface area (Å²) in [6.07, 6.45) is 3.04. The average molecular weight is 475 g/mol. The molecule has 0 unspecified atom stereocenters. The SMILES string of the molecule is O=C(COC(=O)c1ccc(Cn2cncn2)cc1)Nc1ccc(Cl)cc1C(=O)c1ccccc1. The molecule has 1 heterocycles. The van der Waals surface area contributed by atoms with Gasteiger partial charge in [0.2, 0.25) is 0 Å². The Hall–Kier alpha value is -4.30.